The van der Waals surface area contributed by atoms with E-state index < -0.39 is 5.92 Å². The van der Waals surface area contributed by atoms with Gasteiger partial charge >= 0.3 is 0 Å². The van der Waals surface area contributed by atoms with Gasteiger partial charge in [0, 0.05) is 5.02 Å². The van der Waals surface area contributed by atoms with Gasteiger partial charge in [0.05, 0.1) is 26.2 Å². The molecule has 0 fully saturated rings. The van der Waals surface area contributed by atoms with Crippen molar-refractivity contribution in [2.45, 2.75) is 12.3 Å². The van der Waals surface area contributed by atoms with E-state index >= 15 is 0 Å². The van der Waals surface area contributed by atoms with Crippen molar-refractivity contribution in [1.82, 2.24) is 19.6 Å². The average Bonchev–Trinajstić information content (AvgIpc) is 3.20. The van der Waals surface area contributed by atoms with Crippen LogP contribution in [0.25, 0.3) is 5.78 Å². The minimum atomic E-state index is -0.446. The summed E-state index contributed by atoms with van der Waals surface area (Å²) < 4.78 is 11.9. The Hall–Kier alpha value is -3.65. The molecular weight excluding hydrogens is 418 g/mol. The number of ether oxygens (including phenoxy) is 2. The highest BCUT2D eigenvalue weighted by atomic mass is 35.5. The van der Waals surface area contributed by atoms with E-state index in [2.05, 4.69) is 20.4 Å². The zero-order valence-electron chi connectivity index (χ0n) is 16.9. The SMILES string of the molecule is COc1cc(OC)n2nc(NC(=O)C(Cc3ccc(Cl)cc3)c3ccccc3)nc2n1. The minimum absolute atomic E-state index is 0.126. The fourth-order valence-electron chi connectivity index (χ4n) is 3.23. The minimum Gasteiger partial charge on any atom is -0.481 e. The summed E-state index contributed by atoms with van der Waals surface area (Å²) in [5.41, 5.74) is 1.88. The van der Waals surface area contributed by atoms with Gasteiger partial charge in [-0.25, -0.2) is 0 Å². The first-order valence-electron chi connectivity index (χ1n) is 9.53. The summed E-state index contributed by atoms with van der Waals surface area (Å²) in [6.45, 7) is 0. The lowest BCUT2D eigenvalue weighted by atomic mass is 9.91. The first-order valence-corrected chi connectivity index (χ1v) is 9.91. The molecule has 0 aliphatic rings. The Morgan fingerprint density at radius 3 is 2.48 bits per heavy atom. The van der Waals surface area contributed by atoms with Crippen LogP contribution in [0.4, 0.5) is 5.95 Å². The van der Waals surface area contributed by atoms with E-state index in [-0.39, 0.29) is 17.6 Å². The molecule has 0 spiro atoms. The van der Waals surface area contributed by atoms with Crippen LogP contribution < -0.4 is 14.8 Å². The highest BCUT2D eigenvalue weighted by Gasteiger charge is 2.23. The lowest BCUT2D eigenvalue weighted by Crippen LogP contribution is -2.23. The smallest absolute Gasteiger partial charge is 0.260 e. The second-order valence-corrected chi connectivity index (χ2v) is 7.21. The molecule has 2 heterocycles. The summed E-state index contributed by atoms with van der Waals surface area (Å²) in [7, 11) is 3.00. The van der Waals surface area contributed by atoms with Gasteiger partial charge in [-0.05, 0) is 29.7 Å². The van der Waals surface area contributed by atoms with E-state index in [1.54, 1.807) is 6.07 Å². The van der Waals surface area contributed by atoms with Gasteiger partial charge in [0.2, 0.25) is 17.7 Å². The van der Waals surface area contributed by atoms with E-state index in [1.807, 2.05) is 54.6 Å². The summed E-state index contributed by atoms with van der Waals surface area (Å²) in [5.74, 6) is 0.415. The van der Waals surface area contributed by atoms with E-state index in [0.717, 1.165) is 11.1 Å². The molecule has 2 aromatic carbocycles. The zero-order valence-corrected chi connectivity index (χ0v) is 17.7. The van der Waals surface area contributed by atoms with Crippen LogP contribution in [0.5, 0.6) is 11.8 Å². The van der Waals surface area contributed by atoms with Crippen LogP contribution >= 0.6 is 11.6 Å². The number of benzene rings is 2. The molecule has 4 rings (SSSR count). The van der Waals surface area contributed by atoms with Gasteiger partial charge in [0.1, 0.15) is 0 Å². The Balaban J connectivity index is 1.63. The van der Waals surface area contributed by atoms with Crippen molar-refractivity contribution in [3.63, 3.8) is 0 Å². The molecule has 0 aliphatic carbocycles. The third-order valence-corrected chi connectivity index (χ3v) is 5.03. The van der Waals surface area contributed by atoms with Crippen LogP contribution in [0.15, 0.2) is 60.7 Å². The first-order chi connectivity index (χ1) is 15.1. The summed E-state index contributed by atoms with van der Waals surface area (Å²) in [6.07, 6.45) is 0.496. The normalized spacial score (nSPS) is 11.8. The predicted octanol–water partition coefficient (Wildman–Crippen LogP) is 3.76. The number of amides is 1. The molecule has 0 aliphatic heterocycles. The lowest BCUT2D eigenvalue weighted by Gasteiger charge is -2.16. The Labute approximate surface area is 183 Å². The van der Waals surface area contributed by atoms with E-state index in [9.17, 15) is 4.79 Å². The Morgan fingerprint density at radius 2 is 1.81 bits per heavy atom. The number of halogens is 1. The van der Waals surface area contributed by atoms with E-state index in [4.69, 9.17) is 21.1 Å². The number of methoxy groups -OCH3 is 2. The molecule has 158 valence electrons. The molecule has 8 nitrogen and oxygen atoms in total. The lowest BCUT2D eigenvalue weighted by molar-refractivity contribution is -0.117. The number of carbonyl (C=O) groups excluding carboxylic acids is 1. The molecule has 31 heavy (non-hydrogen) atoms. The van der Waals surface area contributed by atoms with Gasteiger partial charge in [-0.3, -0.25) is 10.1 Å². The third kappa shape index (κ3) is 4.59. The van der Waals surface area contributed by atoms with Crippen molar-refractivity contribution in [1.29, 1.82) is 0 Å². The summed E-state index contributed by atoms with van der Waals surface area (Å²) in [6, 6.07) is 18.6. The van der Waals surface area contributed by atoms with Crippen molar-refractivity contribution < 1.29 is 14.3 Å². The van der Waals surface area contributed by atoms with Crippen molar-refractivity contribution in [3.05, 3.63) is 76.8 Å². The Kier molecular flexibility index (Phi) is 5.99. The Morgan fingerprint density at radius 1 is 1.06 bits per heavy atom. The van der Waals surface area contributed by atoms with E-state index in [0.29, 0.717) is 23.2 Å². The van der Waals surface area contributed by atoms with Gasteiger partial charge in [-0.2, -0.15) is 14.5 Å². The third-order valence-electron chi connectivity index (χ3n) is 4.78. The maximum Gasteiger partial charge on any atom is 0.260 e. The number of aromatic nitrogens is 4. The molecule has 1 atom stereocenters. The predicted molar refractivity (Wildman–Crippen MR) is 117 cm³/mol. The van der Waals surface area contributed by atoms with Crippen molar-refractivity contribution in [3.8, 4) is 11.8 Å². The monoisotopic (exact) mass is 437 g/mol. The molecule has 0 saturated heterocycles. The number of rotatable bonds is 7. The standard InChI is InChI=1S/C22H20ClN5O3/c1-30-18-13-19(31-2)28-22(24-18)26-21(27-28)25-20(29)17(15-6-4-3-5-7-15)12-14-8-10-16(23)11-9-14/h3-11,13,17H,12H2,1-2H3,(H,25,27,29). The van der Waals surface area contributed by atoms with Gasteiger partial charge in [0.15, 0.2) is 0 Å². The fraction of sp³-hybridized carbons (Fsp3) is 0.182. The quantitative estimate of drug-likeness (QED) is 0.473. The number of anilines is 1. The molecule has 0 radical (unpaired) electrons. The van der Waals surface area contributed by atoms with Crippen LogP contribution in [0.2, 0.25) is 5.02 Å². The second-order valence-electron chi connectivity index (χ2n) is 6.77. The maximum atomic E-state index is 13.2. The molecule has 1 N–H and O–H groups in total. The zero-order chi connectivity index (χ0) is 21.8. The summed E-state index contributed by atoms with van der Waals surface area (Å²) >= 11 is 6.00. The van der Waals surface area contributed by atoms with Gasteiger partial charge < -0.3 is 9.47 Å². The van der Waals surface area contributed by atoms with Crippen LogP contribution in [-0.2, 0) is 11.2 Å². The van der Waals surface area contributed by atoms with Gasteiger partial charge in [0.25, 0.3) is 11.7 Å². The Bertz CT molecular complexity index is 1200. The van der Waals surface area contributed by atoms with Gasteiger partial charge in [-0.15, -0.1) is 5.10 Å². The van der Waals surface area contributed by atoms with Gasteiger partial charge in [-0.1, -0.05) is 54.1 Å². The van der Waals surface area contributed by atoms with Crippen molar-refractivity contribution in [2.75, 3.05) is 19.5 Å². The number of nitrogens with zero attached hydrogens (tertiary/aromatic N) is 4. The highest BCUT2D eigenvalue weighted by Crippen LogP contribution is 2.24. The van der Waals surface area contributed by atoms with Crippen molar-refractivity contribution in [2.24, 2.45) is 0 Å². The summed E-state index contributed by atoms with van der Waals surface area (Å²) in [4.78, 5) is 21.8. The number of hydrogen-bond acceptors (Lipinski definition) is 6. The number of fused-ring (bicyclic) bond motifs is 1. The fourth-order valence-corrected chi connectivity index (χ4v) is 3.35. The largest absolute Gasteiger partial charge is 0.481 e. The first kappa shape index (κ1) is 20.6. The number of carbonyl (C=O) groups is 1. The van der Waals surface area contributed by atoms with Crippen LogP contribution in [0.3, 0.4) is 0 Å². The van der Waals surface area contributed by atoms with Crippen LogP contribution in [0.1, 0.15) is 17.0 Å². The summed E-state index contributed by atoms with van der Waals surface area (Å²) in [5, 5.41) is 7.76. The molecule has 9 heteroatoms. The molecule has 4 aromatic rings. The average molecular weight is 438 g/mol. The number of nitrogens with one attached hydrogen (secondary N) is 1. The van der Waals surface area contributed by atoms with Crippen LogP contribution in [0, 0.1) is 0 Å². The molecule has 1 amide bonds. The molecule has 2 aromatic heterocycles. The molecule has 1 unspecified atom stereocenters. The van der Waals surface area contributed by atoms with E-state index in [1.165, 1.54) is 18.7 Å². The second kappa shape index (κ2) is 9.01. The van der Waals surface area contributed by atoms with Crippen LogP contribution in [-0.4, -0.2) is 39.7 Å². The molecular formula is C22H20ClN5O3. The molecule has 0 saturated carbocycles. The molecule has 0 bridgehead atoms. The maximum absolute atomic E-state index is 13.2. The van der Waals surface area contributed by atoms with Crippen molar-refractivity contribution >= 4 is 29.2 Å². The number of hydrogen-bond donors (Lipinski definition) is 1. The highest BCUT2D eigenvalue weighted by molar-refractivity contribution is 6.30. The topological polar surface area (TPSA) is 90.6 Å².